The largest absolute Gasteiger partial charge is 0.310 e. The van der Waals surface area contributed by atoms with Crippen LogP contribution in [-0.4, -0.2) is 16.5 Å². The standard InChI is InChI=1S/C17H23N3S/c1-5-8-18-14(4)15-7-6-9-19-17(15)21-16-11-12(2)10-13(3)20-16/h6-7,9-11,14,18H,5,8H2,1-4H3. The molecule has 0 aliphatic heterocycles. The molecule has 0 aliphatic rings. The van der Waals surface area contributed by atoms with Crippen molar-refractivity contribution >= 4 is 11.8 Å². The van der Waals surface area contributed by atoms with E-state index in [0.29, 0.717) is 6.04 Å². The lowest BCUT2D eigenvalue weighted by Gasteiger charge is -2.16. The molecule has 21 heavy (non-hydrogen) atoms. The van der Waals surface area contributed by atoms with Crippen LogP contribution in [0.15, 0.2) is 40.5 Å². The second-order valence-electron chi connectivity index (χ2n) is 5.30. The third-order valence-corrected chi connectivity index (χ3v) is 4.20. The topological polar surface area (TPSA) is 37.8 Å². The molecule has 0 radical (unpaired) electrons. The second kappa shape index (κ2) is 7.57. The normalized spacial score (nSPS) is 12.4. The summed E-state index contributed by atoms with van der Waals surface area (Å²) in [5.74, 6) is 0. The van der Waals surface area contributed by atoms with Gasteiger partial charge in [-0.2, -0.15) is 0 Å². The van der Waals surface area contributed by atoms with Gasteiger partial charge < -0.3 is 5.32 Å². The number of hydrogen-bond acceptors (Lipinski definition) is 4. The van der Waals surface area contributed by atoms with Gasteiger partial charge in [0.05, 0.1) is 0 Å². The third kappa shape index (κ3) is 4.55. The Bertz CT molecular complexity index is 578. The summed E-state index contributed by atoms with van der Waals surface area (Å²) in [6, 6.07) is 8.64. The zero-order valence-corrected chi connectivity index (χ0v) is 14.0. The first-order valence-electron chi connectivity index (χ1n) is 7.41. The van der Waals surface area contributed by atoms with E-state index < -0.39 is 0 Å². The van der Waals surface area contributed by atoms with Gasteiger partial charge in [-0.25, -0.2) is 9.97 Å². The molecule has 2 heterocycles. The van der Waals surface area contributed by atoms with E-state index in [1.165, 1.54) is 11.1 Å². The van der Waals surface area contributed by atoms with E-state index in [1.54, 1.807) is 11.8 Å². The fourth-order valence-corrected chi connectivity index (χ4v) is 3.35. The van der Waals surface area contributed by atoms with Crippen LogP contribution in [-0.2, 0) is 0 Å². The van der Waals surface area contributed by atoms with Crippen LogP contribution in [0.25, 0.3) is 0 Å². The maximum absolute atomic E-state index is 4.59. The third-order valence-electron chi connectivity index (χ3n) is 3.24. The summed E-state index contributed by atoms with van der Waals surface area (Å²) in [5.41, 5.74) is 3.52. The van der Waals surface area contributed by atoms with Crippen molar-refractivity contribution in [2.24, 2.45) is 0 Å². The Labute approximate surface area is 131 Å². The smallest absolute Gasteiger partial charge is 0.107 e. The van der Waals surface area contributed by atoms with Gasteiger partial charge in [-0.1, -0.05) is 13.0 Å². The van der Waals surface area contributed by atoms with E-state index in [4.69, 9.17) is 0 Å². The molecule has 0 aliphatic carbocycles. The van der Waals surface area contributed by atoms with Crippen LogP contribution in [0.5, 0.6) is 0 Å². The molecule has 4 heteroatoms. The fraction of sp³-hybridized carbons (Fsp3) is 0.412. The quantitative estimate of drug-likeness (QED) is 0.863. The van der Waals surface area contributed by atoms with E-state index in [0.717, 1.165) is 28.7 Å². The average molecular weight is 301 g/mol. The molecule has 0 aromatic carbocycles. The van der Waals surface area contributed by atoms with Crippen LogP contribution in [0.2, 0.25) is 0 Å². The number of rotatable bonds is 6. The Morgan fingerprint density at radius 1 is 1.29 bits per heavy atom. The Morgan fingerprint density at radius 3 is 2.81 bits per heavy atom. The monoisotopic (exact) mass is 301 g/mol. The van der Waals surface area contributed by atoms with Crippen molar-refractivity contribution < 1.29 is 0 Å². The SMILES string of the molecule is CCCNC(C)c1cccnc1Sc1cc(C)cc(C)n1. The number of nitrogens with one attached hydrogen (secondary N) is 1. The zero-order valence-electron chi connectivity index (χ0n) is 13.2. The van der Waals surface area contributed by atoms with E-state index in [-0.39, 0.29) is 0 Å². The highest BCUT2D eigenvalue weighted by Crippen LogP contribution is 2.31. The van der Waals surface area contributed by atoms with Crippen molar-refractivity contribution in [1.29, 1.82) is 0 Å². The first-order valence-corrected chi connectivity index (χ1v) is 8.23. The molecule has 0 fully saturated rings. The van der Waals surface area contributed by atoms with Gasteiger partial charge in [0, 0.05) is 23.5 Å². The summed E-state index contributed by atoms with van der Waals surface area (Å²) < 4.78 is 0. The van der Waals surface area contributed by atoms with Crippen LogP contribution >= 0.6 is 11.8 Å². The van der Waals surface area contributed by atoms with Crippen LogP contribution in [0, 0.1) is 13.8 Å². The summed E-state index contributed by atoms with van der Waals surface area (Å²) in [4.78, 5) is 9.14. The molecular formula is C17H23N3S. The number of pyridine rings is 2. The van der Waals surface area contributed by atoms with Gasteiger partial charge in [0.25, 0.3) is 0 Å². The molecule has 2 rings (SSSR count). The van der Waals surface area contributed by atoms with Crippen molar-refractivity contribution in [3.63, 3.8) is 0 Å². The molecule has 1 atom stereocenters. The maximum Gasteiger partial charge on any atom is 0.107 e. The molecule has 2 aromatic heterocycles. The molecular weight excluding hydrogens is 278 g/mol. The predicted molar refractivity (Wildman–Crippen MR) is 88.8 cm³/mol. The zero-order chi connectivity index (χ0) is 15.2. The van der Waals surface area contributed by atoms with Crippen LogP contribution in [0.1, 0.15) is 43.1 Å². The Morgan fingerprint density at radius 2 is 2.10 bits per heavy atom. The summed E-state index contributed by atoms with van der Waals surface area (Å²) in [7, 11) is 0. The summed E-state index contributed by atoms with van der Waals surface area (Å²) in [5, 5.41) is 5.57. The summed E-state index contributed by atoms with van der Waals surface area (Å²) in [6.45, 7) is 9.51. The molecule has 2 aromatic rings. The van der Waals surface area contributed by atoms with Crippen molar-refractivity contribution in [2.75, 3.05) is 6.54 Å². The molecule has 0 saturated heterocycles. The number of aryl methyl sites for hydroxylation is 2. The molecule has 1 unspecified atom stereocenters. The van der Waals surface area contributed by atoms with Gasteiger partial charge in [0.1, 0.15) is 10.1 Å². The Kier molecular flexibility index (Phi) is 5.76. The minimum Gasteiger partial charge on any atom is -0.310 e. The second-order valence-corrected chi connectivity index (χ2v) is 6.31. The van der Waals surface area contributed by atoms with Crippen molar-refractivity contribution in [3.05, 3.63) is 47.3 Å². The van der Waals surface area contributed by atoms with Crippen molar-refractivity contribution in [1.82, 2.24) is 15.3 Å². The minimum atomic E-state index is 0.298. The summed E-state index contributed by atoms with van der Waals surface area (Å²) >= 11 is 1.64. The highest BCUT2D eigenvalue weighted by atomic mass is 32.2. The molecule has 3 nitrogen and oxygen atoms in total. The van der Waals surface area contributed by atoms with Gasteiger partial charge in [0.15, 0.2) is 0 Å². The lowest BCUT2D eigenvalue weighted by atomic mass is 10.1. The minimum absolute atomic E-state index is 0.298. The molecule has 0 amide bonds. The molecule has 112 valence electrons. The van der Waals surface area contributed by atoms with E-state index in [2.05, 4.69) is 54.3 Å². The van der Waals surface area contributed by atoms with Gasteiger partial charge in [-0.3, -0.25) is 0 Å². The van der Waals surface area contributed by atoms with E-state index in [1.807, 2.05) is 19.2 Å². The predicted octanol–water partition coefficient (Wildman–Crippen LogP) is 4.31. The maximum atomic E-state index is 4.59. The first-order chi connectivity index (χ1) is 10.1. The lowest BCUT2D eigenvalue weighted by molar-refractivity contribution is 0.560. The Balaban J connectivity index is 2.23. The molecule has 1 N–H and O–H groups in total. The van der Waals surface area contributed by atoms with Gasteiger partial charge in [-0.05, 0) is 69.3 Å². The lowest BCUT2D eigenvalue weighted by Crippen LogP contribution is -2.20. The average Bonchev–Trinajstić information content (AvgIpc) is 2.44. The fourth-order valence-electron chi connectivity index (χ4n) is 2.24. The number of hydrogen-bond donors (Lipinski definition) is 1. The summed E-state index contributed by atoms with van der Waals surface area (Å²) in [6.07, 6.45) is 2.98. The molecule has 0 spiro atoms. The number of aromatic nitrogens is 2. The molecule has 0 saturated carbocycles. The van der Waals surface area contributed by atoms with E-state index >= 15 is 0 Å². The van der Waals surface area contributed by atoms with E-state index in [9.17, 15) is 0 Å². The van der Waals surface area contributed by atoms with Crippen molar-refractivity contribution in [2.45, 2.75) is 50.2 Å². The van der Waals surface area contributed by atoms with Crippen LogP contribution in [0.3, 0.4) is 0 Å². The highest BCUT2D eigenvalue weighted by Gasteiger charge is 2.12. The molecule has 0 bridgehead atoms. The first kappa shape index (κ1) is 16.0. The van der Waals surface area contributed by atoms with Crippen LogP contribution in [0.4, 0.5) is 0 Å². The van der Waals surface area contributed by atoms with Gasteiger partial charge in [-0.15, -0.1) is 0 Å². The van der Waals surface area contributed by atoms with Crippen LogP contribution < -0.4 is 5.32 Å². The van der Waals surface area contributed by atoms with Gasteiger partial charge >= 0.3 is 0 Å². The van der Waals surface area contributed by atoms with Gasteiger partial charge in [0.2, 0.25) is 0 Å². The number of nitrogens with zero attached hydrogens (tertiary/aromatic N) is 2. The van der Waals surface area contributed by atoms with Crippen molar-refractivity contribution in [3.8, 4) is 0 Å². The highest BCUT2D eigenvalue weighted by molar-refractivity contribution is 7.99. The Hall–Kier alpha value is -1.39.